The van der Waals surface area contributed by atoms with Crippen LogP contribution in [0.25, 0.3) is 0 Å². The summed E-state index contributed by atoms with van der Waals surface area (Å²) in [5.74, 6) is 1.75. The molecule has 0 bridgehead atoms. The summed E-state index contributed by atoms with van der Waals surface area (Å²) in [6.07, 6.45) is 4.91. The van der Waals surface area contributed by atoms with Crippen molar-refractivity contribution in [2.45, 2.75) is 46.7 Å². The molecule has 1 atom stereocenters. The van der Waals surface area contributed by atoms with Gasteiger partial charge in [-0.2, -0.15) is 0 Å². The van der Waals surface area contributed by atoms with Crippen molar-refractivity contribution in [3.8, 4) is 0 Å². The Morgan fingerprint density at radius 1 is 1.33 bits per heavy atom. The standard InChI is InChI=1S/C14H28N4/c1-5-18(6-2)13(9-12(3)4)10-15-11-14-16-7-8-17-14/h7-8,12-13,15H,5-6,9-11H2,1-4H3,(H,16,17). The van der Waals surface area contributed by atoms with E-state index >= 15 is 0 Å². The lowest BCUT2D eigenvalue weighted by Gasteiger charge is -2.31. The van der Waals surface area contributed by atoms with E-state index in [1.807, 2.05) is 6.20 Å². The van der Waals surface area contributed by atoms with E-state index in [-0.39, 0.29) is 0 Å². The van der Waals surface area contributed by atoms with Crippen LogP contribution in [0.2, 0.25) is 0 Å². The third-order valence-electron chi connectivity index (χ3n) is 3.30. The van der Waals surface area contributed by atoms with E-state index in [1.54, 1.807) is 6.20 Å². The van der Waals surface area contributed by atoms with Crippen LogP contribution < -0.4 is 5.32 Å². The van der Waals surface area contributed by atoms with Gasteiger partial charge in [-0.05, 0) is 25.4 Å². The molecule has 1 aromatic heterocycles. The Kier molecular flexibility index (Phi) is 6.98. The molecule has 1 rings (SSSR count). The molecule has 4 heteroatoms. The molecule has 0 aliphatic carbocycles. The van der Waals surface area contributed by atoms with Gasteiger partial charge in [0, 0.05) is 25.0 Å². The molecule has 0 radical (unpaired) electrons. The Morgan fingerprint density at radius 3 is 2.56 bits per heavy atom. The molecule has 2 N–H and O–H groups in total. The Labute approximate surface area is 111 Å². The van der Waals surface area contributed by atoms with Crippen molar-refractivity contribution >= 4 is 0 Å². The molecule has 0 amide bonds. The van der Waals surface area contributed by atoms with E-state index in [0.717, 1.165) is 37.9 Å². The van der Waals surface area contributed by atoms with E-state index in [9.17, 15) is 0 Å². The number of imidazole rings is 1. The number of hydrogen-bond acceptors (Lipinski definition) is 3. The van der Waals surface area contributed by atoms with E-state index in [1.165, 1.54) is 6.42 Å². The zero-order valence-electron chi connectivity index (χ0n) is 12.2. The Bertz CT molecular complexity index is 291. The van der Waals surface area contributed by atoms with Crippen molar-refractivity contribution < 1.29 is 0 Å². The maximum absolute atomic E-state index is 4.23. The lowest BCUT2D eigenvalue weighted by Crippen LogP contribution is -2.43. The first kappa shape index (κ1) is 15.2. The summed E-state index contributed by atoms with van der Waals surface area (Å²) in [4.78, 5) is 9.89. The number of rotatable bonds is 9. The first-order chi connectivity index (χ1) is 8.67. The molecule has 18 heavy (non-hydrogen) atoms. The van der Waals surface area contributed by atoms with Crippen LogP contribution in [-0.2, 0) is 6.54 Å². The van der Waals surface area contributed by atoms with Crippen molar-refractivity contribution in [2.24, 2.45) is 5.92 Å². The number of nitrogens with one attached hydrogen (secondary N) is 2. The second kappa shape index (κ2) is 8.27. The number of hydrogen-bond donors (Lipinski definition) is 2. The van der Waals surface area contributed by atoms with Gasteiger partial charge < -0.3 is 10.3 Å². The molecule has 0 aliphatic rings. The highest BCUT2D eigenvalue weighted by Crippen LogP contribution is 2.11. The maximum Gasteiger partial charge on any atom is 0.120 e. The van der Waals surface area contributed by atoms with Crippen LogP contribution in [0.5, 0.6) is 0 Å². The summed E-state index contributed by atoms with van der Waals surface area (Å²) in [7, 11) is 0. The molecule has 1 heterocycles. The fraction of sp³-hybridized carbons (Fsp3) is 0.786. The second-order valence-corrected chi connectivity index (χ2v) is 5.17. The van der Waals surface area contributed by atoms with Gasteiger partial charge in [0.25, 0.3) is 0 Å². The zero-order valence-corrected chi connectivity index (χ0v) is 12.2. The van der Waals surface area contributed by atoms with Crippen molar-refractivity contribution in [1.29, 1.82) is 0 Å². The maximum atomic E-state index is 4.23. The van der Waals surface area contributed by atoms with Gasteiger partial charge in [0.1, 0.15) is 5.82 Å². The predicted molar refractivity (Wildman–Crippen MR) is 76.5 cm³/mol. The normalized spacial score (nSPS) is 13.4. The molecular formula is C14H28N4. The Morgan fingerprint density at radius 2 is 2.06 bits per heavy atom. The van der Waals surface area contributed by atoms with Crippen molar-refractivity contribution in [2.75, 3.05) is 19.6 Å². The highest BCUT2D eigenvalue weighted by molar-refractivity contribution is 4.86. The summed E-state index contributed by atoms with van der Waals surface area (Å²) in [6, 6.07) is 0.620. The van der Waals surface area contributed by atoms with Crippen molar-refractivity contribution in [1.82, 2.24) is 20.2 Å². The minimum Gasteiger partial charge on any atom is -0.348 e. The molecule has 1 unspecified atom stereocenters. The highest BCUT2D eigenvalue weighted by Gasteiger charge is 2.16. The van der Waals surface area contributed by atoms with Gasteiger partial charge in [-0.3, -0.25) is 4.90 Å². The molecular weight excluding hydrogens is 224 g/mol. The third kappa shape index (κ3) is 5.19. The molecule has 0 spiro atoms. The zero-order chi connectivity index (χ0) is 13.4. The van der Waals surface area contributed by atoms with Crippen LogP contribution in [0.4, 0.5) is 0 Å². The van der Waals surface area contributed by atoms with Crippen molar-refractivity contribution in [3.05, 3.63) is 18.2 Å². The predicted octanol–water partition coefficient (Wildman–Crippen LogP) is 2.26. The van der Waals surface area contributed by atoms with Gasteiger partial charge in [-0.1, -0.05) is 27.7 Å². The summed E-state index contributed by atoms with van der Waals surface area (Å²) in [6.45, 7) is 13.2. The van der Waals surface area contributed by atoms with Crippen LogP contribution in [0.3, 0.4) is 0 Å². The topological polar surface area (TPSA) is 44.0 Å². The Balaban J connectivity index is 2.39. The van der Waals surface area contributed by atoms with Gasteiger partial charge in [0.05, 0.1) is 6.54 Å². The molecule has 4 nitrogen and oxygen atoms in total. The number of likely N-dealkylation sites (N-methyl/N-ethyl adjacent to an activating group) is 1. The highest BCUT2D eigenvalue weighted by atomic mass is 15.2. The summed E-state index contributed by atoms with van der Waals surface area (Å²) < 4.78 is 0. The van der Waals surface area contributed by atoms with Crippen LogP contribution in [-0.4, -0.2) is 40.5 Å². The molecule has 104 valence electrons. The summed E-state index contributed by atoms with van der Waals surface area (Å²) in [5.41, 5.74) is 0. The molecule has 1 aromatic rings. The number of H-pyrrole nitrogens is 1. The van der Waals surface area contributed by atoms with Crippen LogP contribution in [0.1, 0.15) is 39.9 Å². The van der Waals surface area contributed by atoms with Crippen molar-refractivity contribution in [3.63, 3.8) is 0 Å². The Hall–Kier alpha value is -0.870. The van der Waals surface area contributed by atoms with Crippen LogP contribution >= 0.6 is 0 Å². The lowest BCUT2D eigenvalue weighted by molar-refractivity contribution is 0.186. The van der Waals surface area contributed by atoms with Crippen LogP contribution in [0, 0.1) is 5.92 Å². The number of aromatic amines is 1. The van der Waals surface area contributed by atoms with E-state index < -0.39 is 0 Å². The number of nitrogens with zero attached hydrogens (tertiary/aromatic N) is 2. The average molecular weight is 252 g/mol. The van der Waals surface area contributed by atoms with E-state index in [0.29, 0.717) is 6.04 Å². The number of aromatic nitrogens is 2. The smallest absolute Gasteiger partial charge is 0.120 e. The van der Waals surface area contributed by atoms with Gasteiger partial charge >= 0.3 is 0 Å². The molecule has 0 saturated carbocycles. The minimum absolute atomic E-state index is 0.620. The average Bonchev–Trinajstić information content (AvgIpc) is 2.82. The van der Waals surface area contributed by atoms with Gasteiger partial charge in [-0.25, -0.2) is 4.98 Å². The molecule has 0 saturated heterocycles. The van der Waals surface area contributed by atoms with E-state index in [4.69, 9.17) is 0 Å². The largest absolute Gasteiger partial charge is 0.348 e. The molecule has 0 aliphatic heterocycles. The minimum atomic E-state index is 0.620. The second-order valence-electron chi connectivity index (χ2n) is 5.17. The van der Waals surface area contributed by atoms with E-state index in [2.05, 4.69) is 47.9 Å². The SMILES string of the molecule is CCN(CC)C(CNCc1ncc[nH]1)CC(C)C. The monoisotopic (exact) mass is 252 g/mol. The fourth-order valence-corrected chi connectivity index (χ4v) is 2.40. The molecule has 0 fully saturated rings. The first-order valence-corrected chi connectivity index (χ1v) is 7.10. The quantitative estimate of drug-likeness (QED) is 0.708. The summed E-state index contributed by atoms with van der Waals surface area (Å²) in [5, 5.41) is 3.51. The third-order valence-corrected chi connectivity index (χ3v) is 3.30. The summed E-state index contributed by atoms with van der Waals surface area (Å²) >= 11 is 0. The van der Waals surface area contributed by atoms with Gasteiger partial charge in [0.2, 0.25) is 0 Å². The molecule has 0 aromatic carbocycles. The lowest BCUT2D eigenvalue weighted by atomic mass is 10.0. The van der Waals surface area contributed by atoms with Gasteiger partial charge in [-0.15, -0.1) is 0 Å². The van der Waals surface area contributed by atoms with Crippen LogP contribution in [0.15, 0.2) is 12.4 Å². The van der Waals surface area contributed by atoms with Gasteiger partial charge in [0.15, 0.2) is 0 Å². The first-order valence-electron chi connectivity index (χ1n) is 7.10. The fourth-order valence-electron chi connectivity index (χ4n) is 2.40.